The van der Waals surface area contributed by atoms with Gasteiger partial charge < -0.3 is 19.4 Å². The third kappa shape index (κ3) is 50.1. The van der Waals surface area contributed by atoms with E-state index in [2.05, 4.69) is 99.0 Å². The number of nitrogens with one attached hydrogen (secondary N) is 1. The van der Waals surface area contributed by atoms with Crippen LogP contribution in [0.25, 0.3) is 0 Å². The number of carbonyl (C=O) groups excluding carboxylic acids is 2. The Balaban J connectivity index is 5.44. The highest BCUT2D eigenvalue weighted by Gasteiger charge is 2.30. The number of rotatable bonds is 50. The Morgan fingerprint density at radius 1 is 0.514 bits per heavy atom. The van der Waals surface area contributed by atoms with Crippen molar-refractivity contribution >= 4 is 19.7 Å². The van der Waals surface area contributed by atoms with E-state index in [1.54, 1.807) is 0 Å². The van der Waals surface area contributed by atoms with Gasteiger partial charge in [-0.2, -0.15) is 0 Å². The summed E-state index contributed by atoms with van der Waals surface area (Å²) in [7, 11) is 1.45. The third-order valence-corrected chi connectivity index (χ3v) is 13.1. The summed E-state index contributed by atoms with van der Waals surface area (Å²) in [5.41, 5.74) is 0. The van der Waals surface area contributed by atoms with Crippen LogP contribution >= 0.6 is 7.82 Å². The molecule has 0 aliphatic heterocycles. The Morgan fingerprint density at radius 2 is 0.929 bits per heavy atom. The molecule has 0 fully saturated rings. The van der Waals surface area contributed by atoms with Crippen LogP contribution in [0.5, 0.6) is 0 Å². The van der Waals surface area contributed by atoms with Crippen LogP contribution in [-0.4, -0.2) is 74.3 Å². The number of phosphoric acid groups is 1. The number of ether oxygens (including phenoxy) is 1. The Bertz CT molecular complexity index is 1480. The first-order valence-corrected chi connectivity index (χ1v) is 29.9. The van der Waals surface area contributed by atoms with Crippen molar-refractivity contribution in [2.24, 2.45) is 0 Å². The Labute approximate surface area is 431 Å². The van der Waals surface area contributed by atoms with Gasteiger partial charge in [-0.1, -0.05) is 209 Å². The largest absolute Gasteiger partial charge is 0.472 e. The number of nitrogens with zero attached hydrogens (tertiary/aromatic N) is 1. The first-order chi connectivity index (χ1) is 33.9. The predicted molar refractivity (Wildman–Crippen MR) is 300 cm³/mol. The van der Waals surface area contributed by atoms with E-state index in [9.17, 15) is 19.0 Å². The number of hydrogen-bond acceptors (Lipinski definition) is 6. The number of likely N-dealkylation sites (N-methyl/N-ethyl adjacent to an activating group) is 1. The van der Waals surface area contributed by atoms with Gasteiger partial charge in [0.25, 0.3) is 0 Å². The van der Waals surface area contributed by atoms with Gasteiger partial charge >= 0.3 is 13.8 Å². The van der Waals surface area contributed by atoms with Gasteiger partial charge in [-0.3, -0.25) is 18.6 Å². The van der Waals surface area contributed by atoms with Gasteiger partial charge in [-0.05, 0) is 96.0 Å². The van der Waals surface area contributed by atoms with E-state index in [1.807, 2.05) is 33.3 Å². The lowest BCUT2D eigenvalue weighted by atomic mass is 10.1. The molecule has 0 aromatic rings. The molecule has 9 nitrogen and oxygen atoms in total. The van der Waals surface area contributed by atoms with E-state index in [0.717, 1.165) is 96.3 Å². The predicted octanol–water partition coefficient (Wildman–Crippen LogP) is 17.0. The van der Waals surface area contributed by atoms with Crippen LogP contribution in [0, 0.1) is 0 Å². The standard InChI is InChI=1S/C60H107N2O7P/c1-7-10-13-16-19-22-25-27-29-31-33-35-38-41-44-47-50-53-60(64)69-58(51-48-45-42-39-36-24-21-18-15-12-9-3)57(56-68-70(65,66)67-55-54-62(4,5)6)61-59(63)52-49-46-43-40-37-34-32-30-28-26-23-20-17-14-11-8-2/h10,13,19,22,27,29-30,32-33,35,41,44,48,51,57-58H,7-9,11-12,14-18,20-21,23-26,28,31,34,36-40,42-43,45-47,49-50,52-56H2,1-6H3,(H-,61,63,65,66)/p+1/b13-10-,22-19-,29-27-,32-30+,35-33-,44-41-,51-48+. The molecule has 404 valence electrons. The summed E-state index contributed by atoms with van der Waals surface area (Å²) in [6.07, 6.45) is 64.4. The molecule has 0 spiro atoms. The fraction of sp³-hybridized carbons (Fsp3) is 0.733. The van der Waals surface area contributed by atoms with Crippen LogP contribution in [-0.2, 0) is 27.9 Å². The molecule has 0 aromatic carbocycles. The molecule has 0 aromatic heterocycles. The van der Waals surface area contributed by atoms with Crippen molar-refractivity contribution in [3.05, 3.63) is 85.1 Å². The Hall–Kier alpha value is -2.81. The normalized spacial score (nSPS) is 14.4. The minimum Gasteiger partial charge on any atom is -0.456 e. The third-order valence-electron chi connectivity index (χ3n) is 12.1. The number of hydrogen-bond donors (Lipinski definition) is 2. The molecule has 10 heteroatoms. The number of carbonyl (C=O) groups is 2. The van der Waals surface area contributed by atoms with E-state index in [0.29, 0.717) is 23.9 Å². The van der Waals surface area contributed by atoms with Crippen molar-refractivity contribution in [1.82, 2.24) is 5.32 Å². The molecule has 0 bridgehead atoms. The van der Waals surface area contributed by atoms with Crippen LogP contribution in [0.2, 0.25) is 0 Å². The lowest BCUT2D eigenvalue weighted by Gasteiger charge is -2.27. The molecule has 0 radical (unpaired) electrons. The average molecular weight is 1000 g/mol. The smallest absolute Gasteiger partial charge is 0.456 e. The van der Waals surface area contributed by atoms with Gasteiger partial charge in [0.1, 0.15) is 19.3 Å². The maximum Gasteiger partial charge on any atom is 0.472 e. The molecule has 0 aliphatic carbocycles. The number of quaternary nitrogens is 1. The maximum atomic E-state index is 13.5. The van der Waals surface area contributed by atoms with Crippen molar-refractivity contribution in [3.63, 3.8) is 0 Å². The summed E-state index contributed by atoms with van der Waals surface area (Å²) in [6.45, 7) is 6.83. The van der Waals surface area contributed by atoms with E-state index in [1.165, 1.54) is 96.3 Å². The van der Waals surface area contributed by atoms with E-state index < -0.39 is 20.0 Å². The highest BCUT2D eigenvalue weighted by Crippen LogP contribution is 2.43. The van der Waals surface area contributed by atoms with Crippen molar-refractivity contribution in [2.75, 3.05) is 40.9 Å². The topological polar surface area (TPSA) is 111 Å². The molecule has 2 N–H and O–H groups in total. The first-order valence-electron chi connectivity index (χ1n) is 28.4. The van der Waals surface area contributed by atoms with Crippen LogP contribution in [0.3, 0.4) is 0 Å². The van der Waals surface area contributed by atoms with E-state index in [-0.39, 0.29) is 31.5 Å². The monoisotopic (exact) mass is 1000 g/mol. The van der Waals surface area contributed by atoms with Gasteiger partial charge in [0.15, 0.2) is 0 Å². The number of esters is 1. The summed E-state index contributed by atoms with van der Waals surface area (Å²) >= 11 is 0. The number of phosphoric ester groups is 1. The zero-order valence-electron chi connectivity index (χ0n) is 46.0. The highest BCUT2D eigenvalue weighted by atomic mass is 31.2. The minimum absolute atomic E-state index is 0.0266. The first kappa shape index (κ1) is 67.2. The second-order valence-electron chi connectivity index (χ2n) is 20.1. The fourth-order valence-corrected chi connectivity index (χ4v) is 8.41. The van der Waals surface area contributed by atoms with Gasteiger partial charge in [0.2, 0.25) is 5.91 Å². The highest BCUT2D eigenvalue weighted by molar-refractivity contribution is 7.47. The van der Waals surface area contributed by atoms with Gasteiger partial charge in [0.05, 0.1) is 33.8 Å². The lowest BCUT2D eigenvalue weighted by molar-refractivity contribution is -0.870. The molecule has 0 rings (SSSR count). The molecule has 1 amide bonds. The molecule has 3 atom stereocenters. The molecule has 0 saturated heterocycles. The van der Waals surface area contributed by atoms with E-state index >= 15 is 0 Å². The summed E-state index contributed by atoms with van der Waals surface area (Å²) in [6, 6.07) is -0.878. The molecular weight excluding hydrogens is 892 g/mol. The van der Waals surface area contributed by atoms with Gasteiger partial charge in [-0.15, -0.1) is 0 Å². The molecular formula is C60H108N2O7P+. The SMILES string of the molecule is CC/C=C\C/C=C\C/C=C\C/C=C\C/C=C\CCCC(=O)OC(/C=C/CCCCCCCCCCC)C(COP(=O)(O)OCC[N+](C)(C)C)NC(=O)CCCCCCC/C=C/CCCCCCCCC. The van der Waals surface area contributed by atoms with Crippen molar-refractivity contribution in [2.45, 2.75) is 245 Å². The molecule has 0 saturated carbocycles. The van der Waals surface area contributed by atoms with Crippen LogP contribution < -0.4 is 5.32 Å². The molecule has 3 unspecified atom stereocenters. The quantitative estimate of drug-likeness (QED) is 0.0205. The fourth-order valence-electron chi connectivity index (χ4n) is 7.67. The number of amides is 1. The summed E-state index contributed by atoms with van der Waals surface area (Å²) < 4.78 is 30.5. The second kappa shape index (κ2) is 49.8. The summed E-state index contributed by atoms with van der Waals surface area (Å²) in [5, 5.41) is 3.02. The van der Waals surface area contributed by atoms with Crippen LogP contribution in [0.1, 0.15) is 233 Å². The van der Waals surface area contributed by atoms with Gasteiger partial charge in [-0.25, -0.2) is 4.57 Å². The zero-order valence-corrected chi connectivity index (χ0v) is 46.9. The molecule has 70 heavy (non-hydrogen) atoms. The van der Waals surface area contributed by atoms with Crippen molar-refractivity contribution in [1.29, 1.82) is 0 Å². The van der Waals surface area contributed by atoms with Crippen molar-refractivity contribution in [3.8, 4) is 0 Å². The van der Waals surface area contributed by atoms with E-state index in [4.69, 9.17) is 13.8 Å². The van der Waals surface area contributed by atoms with Crippen LogP contribution in [0.4, 0.5) is 0 Å². The Morgan fingerprint density at radius 3 is 1.41 bits per heavy atom. The van der Waals surface area contributed by atoms with Gasteiger partial charge in [0, 0.05) is 12.8 Å². The Kier molecular flexibility index (Phi) is 47.8. The number of unbranched alkanes of at least 4 members (excludes halogenated alkanes) is 22. The maximum absolute atomic E-state index is 13.5. The lowest BCUT2D eigenvalue weighted by Crippen LogP contribution is -2.47. The van der Waals surface area contributed by atoms with Crippen LogP contribution in [0.15, 0.2) is 85.1 Å². The molecule has 0 heterocycles. The summed E-state index contributed by atoms with van der Waals surface area (Å²) in [5.74, 6) is -0.587. The summed E-state index contributed by atoms with van der Waals surface area (Å²) in [4.78, 5) is 37.5. The average Bonchev–Trinajstić information content (AvgIpc) is 3.32. The zero-order chi connectivity index (χ0) is 51.5. The second-order valence-corrected chi connectivity index (χ2v) is 21.5. The van der Waals surface area contributed by atoms with Crippen molar-refractivity contribution < 1.29 is 37.3 Å². The number of allylic oxidation sites excluding steroid dienone is 13. The minimum atomic E-state index is -4.46. The molecule has 0 aliphatic rings.